The summed E-state index contributed by atoms with van der Waals surface area (Å²) in [5.41, 5.74) is 3.75. The third kappa shape index (κ3) is 3.26. The van der Waals surface area contributed by atoms with Gasteiger partial charge in [0.15, 0.2) is 11.6 Å². The zero-order chi connectivity index (χ0) is 21.0. The van der Waals surface area contributed by atoms with Crippen molar-refractivity contribution in [2.45, 2.75) is 26.7 Å². The van der Waals surface area contributed by atoms with Gasteiger partial charge in [-0.2, -0.15) is 0 Å². The zero-order valence-corrected chi connectivity index (χ0v) is 18.0. The number of halogens is 2. The summed E-state index contributed by atoms with van der Waals surface area (Å²) < 4.78 is 1.74. The minimum atomic E-state index is -0.158. The molecule has 0 bridgehead atoms. The highest BCUT2D eigenvalue weighted by molar-refractivity contribution is 6.42. The van der Waals surface area contributed by atoms with Crippen molar-refractivity contribution in [3.63, 3.8) is 0 Å². The smallest absolute Gasteiger partial charge is 0.229 e. The summed E-state index contributed by atoms with van der Waals surface area (Å²) >= 11 is 12.2. The first kappa shape index (κ1) is 19.2. The highest BCUT2D eigenvalue weighted by atomic mass is 35.5. The van der Waals surface area contributed by atoms with Crippen molar-refractivity contribution in [3.05, 3.63) is 63.8 Å². The number of para-hydroxylation sites is 2. The Labute approximate surface area is 183 Å². The number of carbonyl (C=O) groups excluding carboxylic acids is 1. The van der Waals surface area contributed by atoms with Gasteiger partial charge < -0.3 is 10.3 Å². The van der Waals surface area contributed by atoms with E-state index in [-0.39, 0.29) is 11.2 Å². The summed E-state index contributed by atoms with van der Waals surface area (Å²) in [6, 6.07) is 13.0. The molecule has 2 heterocycles. The molecule has 2 aromatic heterocycles. The van der Waals surface area contributed by atoms with Crippen LogP contribution in [0, 0.1) is 5.41 Å². The van der Waals surface area contributed by atoms with Crippen LogP contribution in [0.5, 0.6) is 0 Å². The number of rotatable bonds is 3. The van der Waals surface area contributed by atoms with Gasteiger partial charge in [0.05, 0.1) is 32.3 Å². The molecule has 0 amide bonds. The number of aromatic amines is 1. The largest absolute Gasteiger partial charge is 0.338 e. The van der Waals surface area contributed by atoms with Crippen molar-refractivity contribution in [2.24, 2.45) is 5.41 Å². The fourth-order valence-electron chi connectivity index (χ4n) is 3.96. The van der Waals surface area contributed by atoms with E-state index in [1.54, 1.807) is 22.9 Å². The Morgan fingerprint density at radius 2 is 1.90 bits per heavy atom. The number of anilines is 2. The van der Waals surface area contributed by atoms with Crippen molar-refractivity contribution in [2.75, 3.05) is 5.32 Å². The lowest BCUT2D eigenvalue weighted by Gasteiger charge is -2.28. The van der Waals surface area contributed by atoms with E-state index < -0.39 is 0 Å². The predicted molar refractivity (Wildman–Crippen MR) is 119 cm³/mol. The molecule has 2 aromatic carbocycles. The van der Waals surface area contributed by atoms with E-state index in [4.69, 9.17) is 28.3 Å². The molecule has 30 heavy (non-hydrogen) atoms. The van der Waals surface area contributed by atoms with Crippen LogP contribution in [0.25, 0.3) is 17.0 Å². The average molecular weight is 440 g/mol. The molecular weight excluding hydrogens is 421 g/mol. The number of benzene rings is 2. The van der Waals surface area contributed by atoms with Gasteiger partial charge in [0, 0.05) is 12.1 Å². The number of carbonyl (C=O) groups is 1. The van der Waals surface area contributed by atoms with Crippen LogP contribution in [0.2, 0.25) is 10.0 Å². The number of imidazole rings is 1. The van der Waals surface area contributed by atoms with Gasteiger partial charge in [0.1, 0.15) is 0 Å². The van der Waals surface area contributed by atoms with Crippen molar-refractivity contribution >= 4 is 51.5 Å². The van der Waals surface area contributed by atoms with E-state index >= 15 is 0 Å². The Morgan fingerprint density at radius 1 is 1.10 bits per heavy atom. The van der Waals surface area contributed by atoms with Crippen LogP contribution >= 0.6 is 23.2 Å². The first-order chi connectivity index (χ1) is 14.3. The summed E-state index contributed by atoms with van der Waals surface area (Å²) in [6.45, 7) is 4.19. The van der Waals surface area contributed by atoms with Gasteiger partial charge >= 0.3 is 0 Å². The third-order valence-corrected chi connectivity index (χ3v) is 6.04. The molecule has 5 rings (SSSR count). The van der Waals surface area contributed by atoms with Gasteiger partial charge in [-0.25, -0.2) is 9.67 Å². The molecule has 0 saturated heterocycles. The second-order valence-electron chi connectivity index (χ2n) is 8.35. The Hall–Kier alpha value is -2.83. The lowest BCUT2D eigenvalue weighted by Crippen LogP contribution is -2.28. The predicted octanol–water partition coefficient (Wildman–Crippen LogP) is 5.95. The van der Waals surface area contributed by atoms with Gasteiger partial charge in [-0.1, -0.05) is 49.2 Å². The number of aromatic nitrogens is 4. The van der Waals surface area contributed by atoms with E-state index in [1.165, 1.54) is 0 Å². The fourth-order valence-corrected chi connectivity index (χ4v) is 4.26. The molecule has 1 aliphatic rings. The second-order valence-corrected chi connectivity index (χ2v) is 9.17. The SMILES string of the molecule is CC1(C)CC(=O)c2c(Nc3ccc(Cl)c(Cl)c3)nn(-c3nc4ccccc4[nH]3)c2C1. The Balaban J connectivity index is 1.66. The lowest BCUT2D eigenvalue weighted by atomic mass is 9.76. The van der Waals surface area contributed by atoms with E-state index in [0.717, 1.165) is 16.7 Å². The molecular formula is C22H19Cl2N5O. The molecule has 0 aliphatic heterocycles. The van der Waals surface area contributed by atoms with Crippen LogP contribution in [0.15, 0.2) is 42.5 Å². The Bertz CT molecular complexity index is 1270. The number of fused-ring (bicyclic) bond motifs is 2. The maximum atomic E-state index is 13.1. The van der Waals surface area contributed by atoms with Crippen LogP contribution in [0.1, 0.15) is 36.3 Å². The number of ketones is 1. The molecule has 0 atom stereocenters. The molecule has 0 unspecified atom stereocenters. The second kappa shape index (κ2) is 6.86. The highest BCUT2D eigenvalue weighted by Gasteiger charge is 2.37. The molecule has 1 aliphatic carbocycles. The molecule has 152 valence electrons. The van der Waals surface area contributed by atoms with Crippen molar-refractivity contribution in [1.29, 1.82) is 0 Å². The normalized spacial score (nSPS) is 15.4. The number of hydrogen-bond acceptors (Lipinski definition) is 4. The minimum Gasteiger partial charge on any atom is -0.338 e. The lowest BCUT2D eigenvalue weighted by molar-refractivity contribution is 0.0912. The minimum absolute atomic E-state index is 0.0613. The quantitative estimate of drug-likeness (QED) is 0.413. The molecule has 0 fully saturated rings. The zero-order valence-electron chi connectivity index (χ0n) is 16.5. The molecule has 0 radical (unpaired) electrons. The molecule has 0 saturated carbocycles. The topological polar surface area (TPSA) is 75.6 Å². The van der Waals surface area contributed by atoms with Gasteiger partial charge in [-0.05, 0) is 42.2 Å². The van der Waals surface area contributed by atoms with Crippen molar-refractivity contribution in [1.82, 2.24) is 19.7 Å². The molecule has 2 N–H and O–H groups in total. The van der Waals surface area contributed by atoms with Crippen molar-refractivity contribution in [3.8, 4) is 5.95 Å². The summed E-state index contributed by atoms with van der Waals surface area (Å²) in [5, 5.41) is 8.88. The number of nitrogens with zero attached hydrogens (tertiary/aromatic N) is 3. The van der Waals surface area contributed by atoms with Gasteiger partial charge in [0.25, 0.3) is 0 Å². The van der Waals surface area contributed by atoms with Crippen LogP contribution in [-0.4, -0.2) is 25.5 Å². The van der Waals surface area contributed by atoms with E-state index in [2.05, 4.69) is 29.1 Å². The van der Waals surface area contributed by atoms with Gasteiger partial charge in [-0.3, -0.25) is 4.79 Å². The van der Waals surface area contributed by atoms with Gasteiger partial charge in [0.2, 0.25) is 5.95 Å². The maximum Gasteiger partial charge on any atom is 0.229 e. The van der Waals surface area contributed by atoms with E-state index in [0.29, 0.717) is 45.9 Å². The first-order valence-corrected chi connectivity index (χ1v) is 10.4. The van der Waals surface area contributed by atoms with Gasteiger partial charge in [-0.15, -0.1) is 5.10 Å². The van der Waals surface area contributed by atoms with Crippen LogP contribution in [0.4, 0.5) is 11.5 Å². The Kier molecular flexibility index (Phi) is 4.38. The summed E-state index contributed by atoms with van der Waals surface area (Å²) in [5.74, 6) is 1.13. The van der Waals surface area contributed by atoms with Crippen LogP contribution < -0.4 is 5.32 Å². The fraction of sp³-hybridized carbons (Fsp3) is 0.227. The average Bonchev–Trinajstić information content (AvgIpc) is 3.25. The monoisotopic (exact) mass is 439 g/mol. The number of Topliss-reactive ketones (excluding diaryl/α,β-unsaturated/α-hetero) is 1. The Morgan fingerprint density at radius 3 is 2.67 bits per heavy atom. The standard InChI is InChI=1S/C22H19Cl2N5O/c1-22(2)10-17-19(18(30)11-22)20(25-12-7-8-13(23)14(24)9-12)28-29(17)21-26-15-5-3-4-6-16(15)27-21/h3-9H,10-11H2,1-2H3,(H,25,28)(H,26,27). The van der Waals surface area contributed by atoms with E-state index in [1.807, 2.05) is 24.3 Å². The van der Waals surface area contributed by atoms with Crippen molar-refractivity contribution < 1.29 is 4.79 Å². The summed E-state index contributed by atoms with van der Waals surface area (Å²) in [7, 11) is 0. The first-order valence-electron chi connectivity index (χ1n) is 9.63. The third-order valence-electron chi connectivity index (χ3n) is 5.30. The van der Waals surface area contributed by atoms with E-state index in [9.17, 15) is 4.79 Å². The number of hydrogen-bond donors (Lipinski definition) is 2. The number of nitrogens with one attached hydrogen (secondary N) is 2. The summed E-state index contributed by atoms with van der Waals surface area (Å²) in [6.07, 6.45) is 1.17. The number of H-pyrrole nitrogens is 1. The highest BCUT2D eigenvalue weighted by Crippen LogP contribution is 2.39. The van der Waals surface area contributed by atoms with Crippen LogP contribution in [0.3, 0.4) is 0 Å². The molecule has 0 spiro atoms. The van der Waals surface area contributed by atoms with Crippen LogP contribution in [-0.2, 0) is 6.42 Å². The molecule has 8 heteroatoms. The summed E-state index contributed by atoms with van der Waals surface area (Å²) in [4.78, 5) is 21.1. The molecule has 4 aromatic rings. The maximum absolute atomic E-state index is 13.1. The molecule has 6 nitrogen and oxygen atoms in total.